The van der Waals surface area contributed by atoms with E-state index in [2.05, 4.69) is 10.6 Å². The third-order valence-electron chi connectivity index (χ3n) is 3.38. The predicted molar refractivity (Wildman–Crippen MR) is 86.2 cm³/mol. The van der Waals surface area contributed by atoms with Gasteiger partial charge in [-0.2, -0.15) is 0 Å². The number of benzene rings is 1. The largest absolute Gasteiger partial charge is 0.487 e. The normalized spacial score (nSPS) is 18.5. The number of ether oxygens (including phenoxy) is 1. The van der Waals surface area contributed by atoms with Crippen LogP contribution in [-0.4, -0.2) is 24.0 Å². The number of halogens is 1. The molecule has 1 saturated heterocycles. The van der Waals surface area contributed by atoms with Gasteiger partial charge in [0.2, 0.25) is 11.8 Å². The molecule has 0 aromatic heterocycles. The second kappa shape index (κ2) is 7.49. The number of rotatable bonds is 4. The van der Waals surface area contributed by atoms with Gasteiger partial charge in [0.15, 0.2) is 5.75 Å². The molecule has 1 aliphatic rings. The van der Waals surface area contributed by atoms with Crippen LogP contribution in [0.15, 0.2) is 18.2 Å². The minimum Gasteiger partial charge on any atom is -0.487 e. The molecule has 5 nitrogen and oxygen atoms in total. The molecular formula is C16H21ClN2O3. The maximum atomic E-state index is 12.4. The number of anilines is 1. The van der Waals surface area contributed by atoms with E-state index in [1.54, 1.807) is 18.2 Å². The molecule has 0 spiro atoms. The van der Waals surface area contributed by atoms with Crippen LogP contribution in [0.5, 0.6) is 5.75 Å². The van der Waals surface area contributed by atoms with Gasteiger partial charge in [0.05, 0.1) is 16.8 Å². The van der Waals surface area contributed by atoms with Gasteiger partial charge < -0.3 is 15.4 Å². The van der Waals surface area contributed by atoms with Crippen LogP contribution in [-0.2, 0) is 9.59 Å². The van der Waals surface area contributed by atoms with E-state index in [1.807, 2.05) is 13.8 Å². The molecule has 1 heterocycles. The molecule has 120 valence electrons. The summed E-state index contributed by atoms with van der Waals surface area (Å²) in [5, 5.41) is 6.00. The van der Waals surface area contributed by atoms with Crippen LogP contribution in [0.25, 0.3) is 0 Å². The zero-order valence-electron chi connectivity index (χ0n) is 12.8. The van der Waals surface area contributed by atoms with Gasteiger partial charge in [-0.15, -0.1) is 0 Å². The Morgan fingerprint density at radius 3 is 2.91 bits per heavy atom. The second-order valence-corrected chi connectivity index (χ2v) is 6.05. The summed E-state index contributed by atoms with van der Waals surface area (Å²) in [4.78, 5) is 24.0. The molecule has 0 bridgehead atoms. The first-order chi connectivity index (χ1) is 10.5. The van der Waals surface area contributed by atoms with Gasteiger partial charge in [-0.25, -0.2) is 0 Å². The van der Waals surface area contributed by atoms with Crippen molar-refractivity contribution < 1.29 is 14.3 Å². The highest BCUT2D eigenvalue weighted by atomic mass is 35.5. The first-order valence-electron chi connectivity index (χ1n) is 7.52. The first kappa shape index (κ1) is 16.6. The SMILES string of the molecule is CC(C)Oc1c(Cl)cccc1NC(=O)C1CCCCC(=O)N1. The number of carbonyl (C=O) groups is 2. The summed E-state index contributed by atoms with van der Waals surface area (Å²) in [7, 11) is 0. The Balaban J connectivity index is 2.14. The summed E-state index contributed by atoms with van der Waals surface area (Å²) in [6, 6.07) is 4.68. The average Bonchev–Trinajstić information content (AvgIpc) is 2.67. The van der Waals surface area contributed by atoms with Gasteiger partial charge in [-0.1, -0.05) is 24.1 Å². The lowest BCUT2D eigenvalue weighted by atomic mass is 10.1. The summed E-state index contributed by atoms with van der Waals surface area (Å²) in [5.41, 5.74) is 0.518. The molecule has 0 aliphatic carbocycles. The molecule has 1 aliphatic heterocycles. The van der Waals surface area contributed by atoms with Crippen molar-refractivity contribution in [3.63, 3.8) is 0 Å². The van der Waals surface area contributed by atoms with Crippen molar-refractivity contribution in [2.45, 2.75) is 51.7 Å². The summed E-state index contributed by atoms with van der Waals surface area (Å²) in [6.07, 6.45) is 2.71. The van der Waals surface area contributed by atoms with Crippen LogP contribution in [0.3, 0.4) is 0 Å². The Morgan fingerprint density at radius 2 is 2.18 bits per heavy atom. The fraction of sp³-hybridized carbons (Fsp3) is 0.500. The number of carbonyl (C=O) groups excluding carboxylic acids is 2. The highest BCUT2D eigenvalue weighted by Crippen LogP contribution is 2.33. The van der Waals surface area contributed by atoms with Crippen molar-refractivity contribution in [3.8, 4) is 5.75 Å². The Hall–Kier alpha value is -1.75. The zero-order chi connectivity index (χ0) is 16.1. The molecule has 1 unspecified atom stereocenters. The van der Waals surface area contributed by atoms with Crippen molar-refractivity contribution in [2.75, 3.05) is 5.32 Å². The highest BCUT2D eigenvalue weighted by Gasteiger charge is 2.24. The minimum absolute atomic E-state index is 0.0619. The lowest BCUT2D eigenvalue weighted by Gasteiger charge is -2.19. The lowest BCUT2D eigenvalue weighted by molar-refractivity contribution is -0.126. The summed E-state index contributed by atoms with van der Waals surface area (Å²) >= 11 is 6.15. The van der Waals surface area contributed by atoms with Crippen LogP contribution >= 0.6 is 11.6 Å². The van der Waals surface area contributed by atoms with Gasteiger partial charge in [0, 0.05) is 6.42 Å². The summed E-state index contributed by atoms with van der Waals surface area (Å²) < 4.78 is 5.68. The fourth-order valence-corrected chi connectivity index (χ4v) is 2.57. The third-order valence-corrected chi connectivity index (χ3v) is 3.67. The fourth-order valence-electron chi connectivity index (χ4n) is 2.35. The zero-order valence-corrected chi connectivity index (χ0v) is 13.6. The third kappa shape index (κ3) is 4.37. The topological polar surface area (TPSA) is 67.4 Å². The summed E-state index contributed by atoms with van der Waals surface area (Å²) in [5.74, 6) is 0.126. The molecule has 2 amide bonds. The van der Waals surface area contributed by atoms with Crippen LogP contribution in [0.4, 0.5) is 5.69 Å². The van der Waals surface area contributed by atoms with Gasteiger partial charge in [-0.05, 0) is 38.8 Å². The first-order valence-corrected chi connectivity index (χ1v) is 7.90. The number of hydrogen-bond donors (Lipinski definition) is 2. The van der Waals surface area contributed by atoms with E-state index < -0.39 is 6.04 Å². The molecular weight excluding hydrogens is 304 g/mol. The smallest absolute Gasteiger partial charge is 0.247 e. The molecule has 1 atom stereocenters. The van der Waals surface area contributed by atoms with Crippen molar-refractivity contribution in [1.82, 2.24) is 5.32 Å². The minimum atomic E-state index is -0.513. The maximum absolute atomic E-state index is 12.4. The Labute approximate surface area is 135 Å². The van der Waals surface area contributed by atoms with E-state index >= 15 is 0 Å². The molecule has 22 heavy (non-hydrogen) atoms. The monoisotopic (exact) mass is 324 g/mol. The standard InChI is InChI=1S/C16H21ClN2O3/c1-10(2)22-15-11(17)6-5-8-12(15)19-16(21)13-7-3-4-9-14(20)18-13/h5-6,8,10,13H,3-4,7,9H2,1-2H3,(H,18,20)(H,19,21). The van der Waals surface area contributed by atoms with Crippen molar-refractivity contribution in [1.29, 1.82) is 0 Å². The molecule has 0 radical (unpaired) electrons. The average molecular weight is 325 g/mol. The van der Waals surface area contributed by atoms with Crippen molar-refractivity contribution in [2.24, 2.45) is 0 Å². The van der Waals surface area contributed by atoms with Crippen LogP contribution in [0.2, 0.25) is 5.02 Å². The number of para-hydroxylation sites is 1. The Kier molecular flexibility index (Phi) is 5.66. The number of nitrogens with one attached hydrogen (secondary N) is 2. The van der Waals surface area contributed by atoms with Crippen molar-refractivity contribution in [3.05, 3.63) is 23.2 Å². The van der Waals surface area contributed by atoms with E-state index in [-0.39, 0.29) is 17.9 Å². The quantitative estimate of drug-likeness (QED) is 0.894. The highest BCUT2D eigenvalue weighted by molar-refractivity contribution is 6.32. The van der Waals surface area contributed by atoms with Crippen LogP contribution in [0, 0.1) is 0 Å². The molecule has 0 saturated carbocycles. The summed E-state index contributed by atoms with van der Waals surface area (Å²) in [6.45, 7) is 3.78. The predicted octanol–water partition coefficient (Wildman–Crippen LogP) is 3.12. The van der Waals surface area contributed by atoms with E-state index in [9.17, 15) is 9.59 Å². The molecule has 2 rings (SSSR count). The molecule has 1 aromatic rings. The van der Waals surface area contributed by atoms with Gasteiger partial charge in [0.1, 0.15) is 6.04 Å². The van der Waals surface area contributed by atoms with E-state index in [4.69, 9.17) is 16.3 Å². The molecule has 1 fully saturated rings. The van der Waals surface area contributed by atoms with E-state index in [1.165, 1.54) is 0 Å². The van der Waals surface area contributed by atoms with Crippen molar-refractivity contribution >= 4 is 29.1 Å². The number of hydrogen-bond acceptors (Lipinski definition) is 3. The Bertz CT molecular complexity index is 560. The van der Waals surface area contributed by atoms with E-state index in [0.29, 0.717) is 29.3 Å². The molecule has 2 N–H and O–H groups in total. The molecule has 6 heteroatoms. The van der Waals surface area contributed by atoms with Gasteiger partial charge in [-0.3, -0.25) is 9.59 Å². The second-order valence-electron chi connectivity index (χ2n) is 5.64. The number of amides is 2. The van der Waals surface area contributed by atoms with Gasteiger partial charge in [0.25, 0.3) is 0 Å². The van der Waals surface area contributed by atoms with Crippen LogP contribution < -0.4 is 15.4 Å². The maximum Gasteiger partial charge on any atom is 0.247 e. The molecule has 1 aromatic carbocycles. The van der Waals surface area contributed by atoms with E-state index in [0.717, 1.165) is 12.8 Å². The Morgan fingerprint density at radius 1 is 1.41 bits per heavy atom. The van der Waals surface area contributed by atoms with Gasteiger partial charge >= 0.3 is 0 Å². The lowest BCUT2D eigenvalue weighted by Crippen LogP contribution is -2.42. The van der Waals surface area contributed by atoms with Crippen LogP contribution in [0.1, 0.15) is 39.5 Å².